The molecule has 1 heterocycles. The van der Waals surface area contributed by atoms with Gasteiger partial charge in [-0.15, -0.1) is 0 Å². The molecule has 47 heavy (non-hydrogen) atoms. The largest absolute Gasteiger partial charge is 0.457 e. The van der Waals surface area contributed by atoms with Gasteiger partial charge < -0.3 is 34.3 Å². The third-order valence-corrected chi connectivity index (χ3v) is 7.42. The highest BCUT2D eigenvalue weighted by Crippen LogP contribution is 2.25. The summed E-state index contributed by atoms with van der Waals surface area (Å²) in [5.41, 5.74) is 0. The van der Waals surface area contributed by atoms with Crippen LogP contribution in [-0.4, -0.2) is 97.5 Å². The molecule has 13 heteroatoms. The van der Waals surface area contributed by atoms with Crippen LogP contribution in [0.15, 0.2) is 60.8 Å². The fourth-order valence-corrected chi connectivity index (χ4v) is 4.94. The number of hydrogen-bond acceptors (Lipinski definition) is 11. The Bertz CT molecular complexity index is 1070. The lowest BCUT2D eigenvalue weighted by atomic mass is 9.99. The highest BCUT2D eigenvalue weighted by atomic mass is 32.3. The molecule has 1 rings (SSSR count). The number of carbonyl (C=O) groups is 1. The summed E-state index contributed by atoms with van der Waals surface area (Å²) in [6.45, 7) is 3.15. The summed E-state index contributed by atoms with van der Waals surface area (Å²) in [6.07, 6.45) is 22.5. The van der Waals surface area contributed by atoms with Crippen molar-refractivity contribution in [2.75, 3.05) is 26.4 Å². The summed E-state index contributed by atoms with van der Waals surface area (Å²) in [5.74, 6) is -0.501. The van der Waals surface area contributed by atoms with Crippen molar-refractivity contribution in [1.82, 2.24) is 0 Å². The van der Waals surface area contributed by atoms with Gasteiger partial charge in [-0.05, 0) is 51.4 Å². The fourth-order valence-electron chi connectivity index (χ4n) is 4.44. The maximum absolute atomic E-state index is 11.9. The van der Waals surface area contributed by atoms with Gasteiger partial charge in [-0.2, -0.15) is 8.42 Å². The molecule has 0 aromatic rings. The molecule has 270 valence electrons. The van der Waals surface area contributed by atoms with Gasteiger partial charge in [0, 0.05) is 13.0 Å². The molecule has 1 saturated heterocycles. The normalized spacial score (nSPS) is 23.2. The van der Waals surface area contributed by atoms with Gasteiger partial charge in [-0.25, -0.2) is 4.18 Å². The zero-order chi connectivity index (χ0) is 34.8. The Morgan fingerprint density at radius 2 is 1.38 bits per heavy atom. The number of ether oxygens (including phenoxy) is 4. The lowest BCUT2D eigenvalue weighted by Gasteiger charge is -2.41. The predicted octanol–water partition coefficient (Wildman–Crippen LogP) is 4.67. The first kappa shape index (κ1) is 42.8. The van der Waals surface area contributed by atoms with E-state index in [9.17, 15) is 28.5 Å². The van der Waals surface area contributed by atoms with Gasteiger partial charge in [0.25, 0.3) is 0 Å². The topological polar surface area (TPSA) is 178 Å². The summed E-state index contributed by atoms with van der Waals surface area (Å²) < 4.78 is 57.5. The average molecular weight is 689 g/mol. The second-order valence-corrected chi connectivity index (χ2v) is 12.0. The molecule has 0 saturated carbocycles. The van der Waals surface area contributed by atoms with Gasteiger partial charge in [0.1, 0.15) is 30.5 Å². The molecule has 0 radical (unpaired) electrons. The van der Waals surface area contributed by atoms with E-state index in [0.29, 0.717) is 6.61 Å². The van der Waals surface area contributed by atoms with Crippen molar-refractivity contribution >= 4 is 16.4 Å². The molecular formula is C34H56O12S. The second-order valence-electron chi connectivity index (χ2n) is 11.0. The number of allylic oxidation sites excluding steroid dienone is 10. The molecule has 0 spiro atoms. The van der Waals surface area contributed by atoms with Crippen LogP contribution in [0, 0.1) is 0 Å². The molecule has 0 aromatic carbocycles. The van der Waals surface area contributed by atoms with Crippen molar-refractivity contribution in [3.8, 4) is 0 Å². The van der Waals surface area contributed by atoms with Crippen molar-refractivity contribution < 1.29 is 56.2 Å². The van der Waals surface area contributed by atoms with Gasteiger partial charge in [-0.3, -0.25) is 9.35 Å². The van der Waals surface area contributed by atoms with Crippen LogP contribution in [0.1, 0.15) is 84.5 Å². The van der Waals surface area contributed by atoms with E-state index in [-0.39, 0.29) is 19.6 Å². The Labute approximate surface area is 280 Å². The minimum absolute atomic E-state index is 0.00555. The van der Waals surface area contributed by atoms with E-state index in [1.807, 2.05) is 0 Å². The Hall–Kier alpha value is -2.20. The molecule has 0 aliphatic carbocycles. The van der Waals surface area contributed by atoms with Crippen LogP contribution in [0.3, 0.4) is 0 Å². The molecule has 1 aliphatic rings. The number of carbonyl (C=O) groups excluding carboxylic acids is 1. The molecule has 0 bridgehead atoms. The molecular weight excluding hydrogens is 632 g/mol. The second kappa shape index (κ2) is 26.7. The summed E-state index contributed by atoms with van der Waals surface area (Å²) in [7, 11) is -5.05. The lowest BCUT2D eigenvalue weighted by molar-refractivity contribution is -0.301. The zero-order valence-corrected chi connectivity index (χ0v) is 28.6. The van der Waals surface area contributed by atoms with E-state index in [0.717, 1.165) is 64.2 Å². The van der Waals surface area contributed by atoms with Crippen molar-refractivity contribution in [3.05, 3.63) is 60.8 Å². The van der Waals surface area contributed by atoms with E-state index >= 15 is 0 Å². The van der Waals surface area contributed by atoms with E-state index in [2.05, 4.69) is 71.9 Å². The number of rotatable bonds is 26. The van der Waals surface area contributed by atoms with Crippen molar-refractivity contribution in [2.45, 2.75) is 121 Å². The SMILES string of the molecule is CC/C=C\C/C=C\C/C=C\C/C=C\C/C=C\CCCCCCOCC(COC1OC(CO)C(O)C(OS(=O)(=O)O)C1O)OC(=O)CC. The Kier molecular flexibility index (Phi) is 24.3. The summed E-state index contributed by atoms with van der Waals surface area (Å²) in [5, 5.41) is 30.0. The van der Waals surface area contributed by atoms with E-state index in [1.54, 1.807) is 6.92 Å². The van der Waals surface area contributed by atoms with E-state index in [1.165, 1.54) is 0 Å². The van der Waals surface area contributed by atoms with E-state index < -0.39 is 59.8 Å². The zero-order valence-electron chi connectivity index (χ0n) is 27.8. The van der Waals surface area contributed by atoms with Gasteiger partial charge in [0.2, 0.25) is 0 Å². The molecule has 1 aliphatic heterocycles. The molecule has 0 aromatic heterocycles. The predicted molar refractivity (Wildman–Crippen MR) is 179 cm³/mol. The van der Waals surface area contributed by atoms with Gasteiger partial charge in [0.05, 0.1) is 19.8 Å². The first-order valence-corrected chi connectivity index (χ1v) is 17.9. The average Bonchev–Trinajstić information content (AvgIpc) is 3.04. The van der Waals surface area contributed by atoms with Crippen molar-refractivity contribution in [1.29, 1.82) is 0 Å². The maximum Gasteiger partial charge on any atom is 0.397 e. The van der Waals surface area contributed by atoms with Gasteiger partial charge >= 0.3 is 16.4 Å². The number of hydrogen-bond donors (Lipinski definition) is 4. The number of esters is 1. The highest BCUT2D eigenvalue weighted by molar-refractivity contribution is 7.80. The minimum atomic E-state index is -5.05. The van der Waals surface area contributed by atoms with Crippen molar-refractivity contribution in [3.63, 3.8) is 0 Å². The molecule has 0 amide bonds. The monoisotopic (exact) mass is 688 g/mol. The van der Waals surface area contributed by atoms with Crippen LogP contribution in [0.4, 0.5) is 0 Å². The Morgan fingerprint density at radius 1 is 0.809 bits per heavy atom. The first-order valence-electron chi connectivity index (χ1n) is 16.5. The summed E-state index contributed by atoms with van der Waals surface area (Å²) in [6, 6.07) is 0. The first-order chi connectivity index (χ1) is 22.6. The lowest BCUT2D eigenvalue weighted by Crippen LogP contribution is -2.60. The van der Waals surface area contributed by atoms with Crippen LogP contribution < -0.4 is 0 Å². The van der Waals surface area contributed by atoms with Gasteiger partial charge in [0.15, 0.2) is 6.29 Å². The van der Waals surface area contributed by atoms with Crippen LogP contribution in [-0.2, 0) is 38.3 Å². The molecule has 1 fully saturated rings. The third kappa shape index (κ3) is 21.4. The Balaban J connectivity index is 2.27. The third-order valence-electron chi connectivity index (χ3n) is 6.96. The maximum atomic E-state index is 11.9. The molecule has 6 atom stereocenters. The minimum Gasteiger partial charge on any atom is -0.457 e. The molecule has 6 unspecified atom stereocenters. The molecule has 12 nitrogen and oxygen atoms in total. The standard InChI is InChI=1S/C34H56O12S/c1-3-5-6-7-8-9-10-11-12-13-14-15-16-17-18-19-20-21-22-23-24-42-26-28(44-30(36)4-2)27-43-34-32(38)33(46-47(39,40)41)31(37)29(25-35)45-34/h5-6,8-9,11-12,14-15,17-18,28-29,31-35,37-38H,3-4,7,10,13,16,19-27H2,1-2H3,(H,39,40,41)/b6-5-,9-8-,12-11-,15-14-,18-17-. The van der Waals surface area contributed by atoms with Crippen molar-refractivity contribution in [2.24, 2.45) is 0 Å². The summed E-state index contributed by atoms with van der Waals surface area (Å²) >= 11 is 0. The quantitative estimate of drug-likeness (QED) is 0.0428. The highest BCUT2D eigenvalue weighted by Gasteiger charge is 2.48. The number of unbranched alkanes of at least 4 members (excludes halogenated alkanes) is 4. The van der Waals surface area contributed by atoms with Crippen LogP contribution in [0.5, 0.6) is 0 Å². The van der Waals surface area contributed by atoms with Crippen LogP contribution in [0.25, 0.3) is 0 Å². The summed E-state index contributed by atoms with van der Waals surface area (Å²) in [4.78, 5) is 11.9. The smallest absolute Gasteiger partial charge is 0.397 e. The van der Waals surface area contributed by atoms with Crippen LogP contribution in [0.2, 0.25) is 0 Å². The van der Waals surface area contributed by atoms with Gasteiger partial charge in [-0.1, -0.05) is 87.4 Å². The Morgan fingerprint density at radius 3 is 1.94 bits per heavy atom. The number of aliphatic hydroxyl groups excluding tert-OH is 3. The fraction of sp³-hybridized carbons (Fsp3) is 0.676. The number of aliphatic hydroxyl groups is 3. The van der Waals surface area contributed by atoms with E-state index in [4.69, 9.17) is 23.5 Å². The van der Waals surface area contributed by atoms with Crippen LogP contribution >= 0.6 is 0 Å². The molecule has 4 N–H and O–H groups in total.